The Morgan fingerprint density at radius 1 is 0.968 bits per heavy atom. The molecule has 0 atom stereocenters. The molecule has 3 aromatic carbocycles. The van der Waals surface area contributed by atoms with Crippen LogP contribution < -0.4 is 9.64 Å². The highest BCUT2D eigenvalue weighted by Crippen LogP contribution is 2.34. The maximum absolute atomic E-state index is 9.94. The molecule has 0 fully saturated rings. The highest BCUT2D eigenvalue weighted by atomic mass is 16.5. The summed E-state index contributed by atoms with van der Waals surface area (Å²) in [7, 11) is 1.68. The van der Waals surface area contributed by atoms with E-state index in [-0.39, 0.29) is 0 Å². The lowest BCUT2D eigenvalue weighted by Gasteiger charge is -2.27. The zero-order valence-corrected chi connectivity index (χ0v) is 19.2. The van der Waals surface area contributed by atoms with Crippen molar-refractivity contribution >= 4 is 16.5 Å². The van der Waals surface area contributed by atoms with Crippen molar-refractivity contribution in [1.29, 1.82) is 5.26 Å². The van der Waals surface area contributed by atoms with Crippen molar-refractivity contribution in [2.24, 2.45) is 0 Å². The van der Waals surface area contributed by atoms with Gasteiger partial charge in [-0.2, -0.15) is 5.26 Å². The Labute approximate surface area is 186 Å². The first-order chi connectivity index (χ1) is 14.9. The predicted octanol–water partition coefficient (Wildman–Crippen LogP) is 6.42. The molecule has 3 aromatic rings. The van der Waals surface area contributed by atoms with Crippen LogP contribution in [-0.2, 0) is 4.74 Å². The molecule has 162 valence electrons. The molecule has 3 rings (SSSR count). The van der Waals surface area contributed by atoms with Crippen molar-refractivity contribution < 1.29 is 9.47 Å². The minimum Gasteiger partial charge on any atom is -0.486 e. The van der Waals surface area contributed by atoms with Gasteiger partial charge in [0.1, 0.15) is 23.0 Å². The van der Waals surface area contributed by atoms with Gasteiger partial charge in [-0.15, -0.1) is 0 Å². The summed E-state index contributed by atoms with van der Waals surface area (Å²) < 4.78 is 11.4. The number of nitriles is 1. The third kappa shape index (κ3) is 5.18. The second-order valence-electron chi connectivity index (χ2n) is 8.31. The van der Waals surface area contributed by atoms with E-state index in [0.717, 1.165) is 36.0 Å². The first-order valence-electron chi connectivity index (χ1n) is 10.9. The first kappa shape index (κ1) is 22.7. The number of hydrogen-bond donors (Lipinski definition) is 0. The highest BCUT2D eigenvalue weighted by Gasteiger charge is 2.22. The number of rotatable bonds is 9. The van der Waals surface area contributed by atoms with Crippen molar-refractivity contribution in [2.75, 3.05) is 31.7 Å². The lowest BCUT2D eigenvalue weighted by atomic mass is 9.96. The number of anilines is 1. The van der Waals surface area contributed by atoms with Gasteiger partial charge in [0.05, 0.1) is 0 Å². The number of nitrogens with zero attached hydrogens (tertiary/aromatic N) is 2. The minimum absolute atomic E-state index is 0.426. The number of fused-ring (bicyclic) bond motifs is 1. The normalized spacial score (nSPS) is 11.4. The van der Waals surface area contributed by atoms with Gasteiger partial charge in [0, 0.05) is 44.5 Å². The van der Waals surface area contributed by atoms with E-state index < -0.39 is 5.60 Å². The van der Waals surface area contributed by atoms with E-state index in [1.807, 2.05) is 32.0 Å². The standard InChI is InChI=1S/C27H32N2O2/c1-6-29(7-2)23-14-13-20-17-22(12-11-21(20)18-23)24-9-8-10-26(25(24)19-28)31-27(3,4)15-16-30-5/h8-14,17-18H,6-7,15-16H2,1-5H3. The third-order valence-corrected chi connectivity index (χ3v) is 5.70. The van der Waals surface area contributed by atoms with E-state index >= 15 is 0 Å². The minimum atomic E-state index is -0.426. The van der Waals surface area contributed by atoms with E-state index in [9.17, 15) is 5.26 Å². The van der Waals surface area contributed by atoms with Crippen LogP contribution in [0.25, 0.3) is 21.9 Å². The summed E-state index contributed by atoms with van der Waals surface area (Å²) in [5.41, 5.74) is 3.27. The second-order valence-corrected chi connectivity index (χ2v) is 8.31. The van der Waals surface area contributed by atoms with Crippen molar-refractivity contribution in [2.45, 2.75) is 39.7 Å². The van der Waals surface area contributed by atoms with Gasteiger partial charge in [-0.25, -0.2) is 0 Å². The van der Waals surface area contributed by atoms with Crippen LogP contribution >= 0.6 is 0 Å². The van der Waals surface area contributed by atoms with Crippen LogP contribution in [0.5, 0.6) is 5.75 Å². The highest BCUT2D eigenvalue weighted by molar-refractivity contribution is 5.91. The molecule has 0 spiro atoms. The molecule has 0 N–H and O–H groups in total. The third-order valence-electron chi connectivity index (χ3n) is 5.70. The second kappa shape index (κ2) is 9.85. The quantitative estimate of drug-likeness (QED) is 0.404. The summed E-state index contributed by atoms with van der Waals surface area (Å²) in [5, 5.41) is 12.3. The molecule has 0 aliphatic heterocycles. The number of methoxy groups -OCH3 is 1. The molecule has 0 bridgehead atoms. The Kier molecular flexibility index (Phi) is 7.20. The predicted molar refractivity (Wildman–Crippen MR) is 129 cm³/mol. The molecule has 0 saturated heterocycles. The number of ether oxygens (including phenoxy) is 2. The van der Waals surface area contributed by atoms with Gasteiger partial charge < -0.3 is 14.4 Å². The molecule has 0 radical (unpaired) electrons. The Balaban J connectivity index is 1.98. The van der Waals surface area contributed by atoms with Crippen LogP contribution in [0.2, 0.25) is 0 Å². The summed E-state index contributed by atoms with van der Waals surface area (Å²) in [6.07, 6.45) is 0.740. The average molecular weight is 417 g/mol. The molecule has 0 heterocycles. The van der Waals surface area contributed by atoms with Gasteiger partial charge in [0.2, 0.25) is 0 Å². The fourth-order valence-electron chi connectivity index (χ4n) is 3.85. The maximum atomic E-state index is 9.94. The monoisotopic (exact) mass is 416 g/mol. The van der Waals surface area contributed by atoms with Crippen LogP contribution in [-0.4, -0.2) is 32.4 Å². The van der Waals surface area contributed by atoms with Crippen LogP contribution in [0, 0.1) is 11.3 Å². The van der Waals surface area contributed by atoms with Crippen LogP contribution in [0.3, 0.4) is 0 Å². The number of benzene rings is 3. The molecule has 0 unspecified atom stereocenters. The zero-order chi connectivity index (χ0) is 22.4. The van der Waals surface area contributed by atoms with Gasteiger partial charge in [-0.3, -0.25) is 0 Å². The smallest absolute Gasteiger partial charge is 0.138 e. The van der Waals surface area contributed by atoms with E-state index in [4.69, 9.17) is 9.47 Å². The Morgan fingerprint density at radius 3 is 2.35 bits per heavy atom. The molecule has 31 heavy (non-hydrogen) atoms. The van der Waals surface area contributed by atoms with Gasteiger partial charge in [-0.05, 0) is 68.3 Å². The Morgan fingerprint density at radius 2 is 1.68 bits per heavy atom. The molecule has 0 amide bonds. The fraction of sp³-hybridized carbons (Fsp3) is 0.370. The summed E-state index contributed by atoms with van der Waals surface area (Å²) in [6, 6.07) is 21.1. The van der Waals surface area contributed by atoms with E-state index in [2.05, 4.69) is 61.2 Å². The summed E-state index contributed by atoms with van der Waals surface area (Å²) in [5.74, 6) is 0.609. The van der Waals surface area contributed by atoms with Crippen molar-refractivity contribution in [3.8, 4) is 22.9 Å². The number of hydrogen-bond acceptors (Lipinski definition) is 4. The fourth-order valence-corrected chi connectivity index (χ4v) is 3.85. The Bertz CT molecular complexity index is 1080. The molecule has 0 aliphatic rings. The van der Waals surface area contributed by atoms with Gasteiger partial charge in [-0.1, -0.05) is 30.3 Å². The van der Waals surface area contributed by atoms with Crippen LogP contribution in [0.15, 0.2) is 54.6 Å². The first-order valence-corrected chi connectivity index (χ1v) is 10.9. The van der Waals surface area contributed by atoms with Crippen LogP contribution in [0.1, 0.15) is 39.7 Å². The van der Waals surface area contributed by atoms with Gasteiger partial charge >= 0.3 is 0 Å². The molecule has 0 aliphatic carbocycles. The summed E-state index contributed by atoms with van der Waals surface area (Å²) >= 11 is 0. The summed E-state index contributed by atoms with van der Waals surface area (Å²) in [6.45, 7) is 11.0. The largest absolute Gasteiger partial charge is 0.486 e. The van der Waals surface area contributed by atoms with Crippen molar-refractivity contribution in [3.05, 3.63) is 60.2 Å². The maximum Gasteiger partial charge on any atom is 0.138 e. The summed E-state index contributed by atoms with van der Waals surface area (Å²) in [4.78, 5) is 2.34. The molecular weight excluding hydrogens is 384 g/mol. The molecule has 0 aromatic heterocycles. The van der Waals surface area contributed by atoms with Crippen molar-refractivity contribution in [3.63, 3.8) is 0 Å². The van der Waals surface area contributed by atoms with Gasteiger partial charge in [0.25, 0.3) is 0 Å². The van der Waals surface area contributed by atoms with E-state index in [1.165, 1.54) is 11.1 Å². The Hall–Kier alpha value is -3.03. The molecule has 4 heteroatoms. The zero-order valence-electron chi connectivity index (χ0n) is 19.2. The molecule has 4 nitrogen and oxygen atoms in total. The molecular formula is C27H32N2O2. The SMILES string of the molecule is CCN(CC)c1ccc2cc(-c3cccc(OC(C)(C)CCOC)c3C#N)ccc2c1. The van der Waals surface area contributed by atoms with Crippen molar-refractivity contribution in [1.82, 2.24) is 0 Å². The molecule has 0 saturated carbocycles. The van der Waals surface area contributed by atoms with E-state index in [1.54, 1.807) is 7.11 Å². The van der Waals surface area contributed by atoms with E-state index in [0.29, 0.717) is 17.9 Å². The van der Waals surface area contributed by atoms with Gasteiger partial charge in [0.15, 0.2) is 0 Å². The lowest BCUT2D eigenvalue weighted by molar-refractivity contribution is 0.0628. The average Bonchev–Trinajstić information content (AvgIpc) is 2.77. The topological polar surface area (TPSA) is 45.5 Å². The lowest BCUT2D eigenvalue weighted by Crippen LogP contribution is -2.30. The van der Waals surface area contributed by atoms with Crippen LogP contribution in [0.4, 0.5) is 5.69 Å².